The van der Waals surface area contributed by atoms with Gasteiger partial charge in [0, 0.05) is 16.7 Å². The maximum Gasteiger partial charge on any atom is 0.311 e. The van der Waals surface area contributed by atoms with Gasteiger partial charge in [-0.3, -0.25) is 4.79 Å². The summed E-state index contributed by atoms with van der Waals surface area (Å²) in [6.07, 6.45) is 0.903. The summed E-state index contributed by atoms with van der Waals surface area (Å²) < 4.78 is 6.09. The smallest absolute Gasteiger partial charge is 0.311 e. The first-order valence-corrected chi connectivity index (χ1v) is 7.64. The maximum absolute atomic E-state index is 11.4. The average Bonchev–Trinajstić information content (AvgIpc) is 2.94. The minimum Gasteiger partial charge on any atom is -0.481 e. The molecule has 0 amide bonds. The van der Waals surface area contributed by atoms with Gasteiger partial charge in [-0.15, -0.1) is 0 Å². The van der Waals surface area contributed by atoms with E-state index >= 15 is 0 Å². The van der Waals surface area contributed by atoms with Gasteiger partial charge in [0.15, 0.2) is 0 Å². The molecule has 2 unspecified atom stereocenters. The first kappa shape index (κ1) is 15.8. The molecule has 5 nitrogen and oxygen atoms in total. The lowest BCUT2D eigenvalue weighted by Crippen LogP contribution is -2.43. The molecule has 0 aliphatic carbocycles. The number of carboxylic acids is 1. The first-order chi connectivity index (χ1) is 10.1. The van der Waals surface area contributed by atoms with E-state index in [2.05, 4.69) is 33.8 Å². The van der Waals surface area contributed by atoms with Crippen LogP contribution in [0.25, 0.3) is 0 Å². The number of anilines is 1. The van der Waals surface area contributed by atoms with Gasteiger partial charge < -0.3 is 14.7 Å². The van der Waals surface area contributed by atoms with Crippen molar-refractivity contribution in [3.8, 4) is 6.07 Å². The standard InChI is InChI=1S/C15H17BrN2O3/c1-2-5-18(14-9-21-8-12(14)15(19)20)11-4-3-10(7-17)13(16)6-11/h3-4,6,12,14H,2,5,8-9H2,1H3,(H,19,20). The van der Waals surface area contributed by atoms with E-state index in [1.54, 1.807) is 6.07 Å². The lowest BCUT2D eigenvalue weighted by Gasteiger charge is -2.32. The van der Waals surface area contributed by atoms with E-state index in [1.165, 1.54) is 0 Å². The molecule has 0 saturated carbocycles. The number of carboxylic acid groups (broad SMARTS) is 1. The highest BCUT2D eigenvalue weighted by Gasteiger charge is 2.38. The van der Waals surface area contributed by atoms with Crippen molar-refractivity contribution in [2.24, 2.45) is 5.92 Å². The molecule has 2 rings (SSSR count). The van der Waals surface area contributed by atoms with Crippen LogP contribution in [0.3, 0.4) is 0 Å². The largest absolute Gasteiger partial charge is 0.481 e. The maximum atomic E-state index is 11.4. The zero-order valence-electron chi connectivity index (χ0n) is 11.8. The minimum atomic E-state index is -0.827. The molecule has 6 heteroatoms. The van der Waals surface area contributed by atoms with Crippen LogP contribution in [-0.2, 0) is 9.53 Å². The summed E-state index contributed by atoms with van der Waals surface area (Å²) in [5.41, 5.74) is 1.47. The summed E-state index contributed by atoms with van der Waals surface area (Å²) in [6, 6.07) is 7.39. The molecule has 1 N–H and O–H groups in total. The van der Waals surface area contributed by atoms with Gasteiger partial charge in [-0.05, 0) is 40.5 Å². The predicted octanol–water partition coefficient (Wildman–Crippen LogP) is 2.64. The van der Waals surface area contributed by atoms with Crippen molar-refractivity contribution in [2.75, 3.05) is 24.7 Å². The van der Waals surface area contributed by atoms with Crippen LogP contribution >= 0.6 is 15.9 Å². The summed E-state index contributed by atoms with van der Waals surface area (Å²) in [6.45, 7) is 3.46. The van der Waals surface area contributed by atoms with Crippen LogP contribution in [0, 0.1) is 17.2 Å². The Bertz CT molecular complexity index is 571. The second-order valence-corrected chi connectivity index (χ2v) is 5.87. The van der Waals surface area contributed by atoms with E-state index in [-0.39, 0.29) is 12.6 Å². The number of hydrogen-bond donors (Lipinski definition) is 1. The molecule has 0 bridgehead atoms. The van der Waals surface area contributed by atoms with Gasteiger partial charge in [0.25, 0.3) is 0 Å². The highest BCUT2D eigenvalue weighted by Crippen LogP contribution is 2.29. The number of nitrogens with zero attached hydrogens (tertiary/aromatic N) is 2. The number of nitriles is 1. The summed E-state index contributed by atoms with van der Waals surface area (Å²) in [5, 5.41) is 18.3. The number of aliphatic carboxylic acids is 1. The van der Waals surface area contributed by atoms with Crippen molar-refractivity contribution >= 4 is 27.6 Å². The Balaban J connectivity index is 2.32. The van der Waals surface area contributed by atoms with Crippen LogP contribution in [0.5, 0.6) is 0 Å². The van der Waals surface area contributed by atoms with Crippen LogP contribution in [0.15, 0.2) is 22.7 Å². The Morgan fingerprint density at radius 2 is 2.33 bits per heavy atom. The predicted molar refractivity (Wildman–Crippen MR) is 82.2 cm³/mol. The van der Waals surface area contributed by atoms with Gasteiger partial charge in [0.1, 0.15) is 12.0 Å². The van der Waals surface area contributed by atoms with Gasteiger partial charge in [-0.1, -0.05) is 6.92 Å². The number of hydrogen-bond acceptors (Lipinski definition) is 4. The average molecular weight is 353 g/mol. The normalized spacial score (nSPS) is 21.0. The molecule has 2 atom stereocenters. The number of carbonyl (C=O) groups is 1. The van der Waals surface area contributed by atoms with Crippen molar-refractivity contribution in [1.29, 1.82) is 5.26 Å². The van der Waals surface area contributed by atoms with Gasteiger partial charge in [0.05, 0.1) is 24.8 Å². The molecule has 1 aromatic carbocycles. The summed E-state index contributed by atoms with van der Waals surface area (Å²) in [5.74, 6) is -1.35. The number of ether oxygens (including phenoxy) is 1. The quantitative estimate of drug-likeness (QED) is 0.881. The van der Waals surface area contributed by atoms with Gasteiger partial charge in [-0.2, -0.15) is 5.26 Å². The molecule has 112 valence electrons. The van der Waals surface area contributed by atoms with Crippen molar-refractivity contribution in [2.45, 2.75) is 19.4 Å². The monoisotopic (exact) mass is 352 g/mol. The fourth-order valence-electron chi connectivity index (χ4n) is 2.59. The molecular formula is C15H17BrN2O3. The molecule has 1 heterocycles. The molecule has 1 aliphatic rings. The second kappa shape index (κ2) is 6.92. The van der Waals surface area contributed by atoms with Crippen LogP contribution in [0.1, 0.15) is 18.9 Å². The fraction of sp³-hybridized carbons (Fsp3) is 0.467. The van der Waals surface area contributed by atoms with Gasteiger partial charge >= 0.3 is 5.97 Å². The highest BCUT2D eigenvalue weighted by molar-refractivity contribution is 9.10. The minimum absolute atomic E-state index is 0.178. The topological polar surface area (TPSA) is 73.6 Å². The third kappa shape index (κ3) is 3.36. The Labute approximate surface area is 132 Å². The molecule has 1 aromatic rings. The summed E-state index contributed by atoms with van der Waals surface area (Å²) >= 11 is 3.38. The highest BCUT2D eigenvalue weighted by atomic mass is 79.9. The van der Waals surface area contributed by atoms with Crippen molar-refractivity contribution in [3.05, 3.63) is 28.2 Å². The third-order valence-electron chi connectivity index (χ3n) is 3.64. The van der Waals surface area contributed by atoms with Crippen molar-refractivity contribution < 1.29 is 14.6 Å². The number of benzene rings is 1. The van der Waals surface area contributed by atoms with E-state index in [0.29, 0.717) is 12.2 Å². The van der Waals surface area contributed by atoms with Crippen LogP contribution < -0.4 is 4.90 Å². The van der Waals surface area contributed by atoms with Crippen LogP contribution in [0.2, 0.25) is 0 Å². The molecule has 0 aromatic heterocycles. The fourth-order valence-corrected chi connectivity index (χ4v) is 3.04. The first-order valence-electron chi connectivity index (χ1n) is 6.85. The zero-order chi connectivity index (χ0) is 15.4. The Morgan fingerprint density at radius 1 is 1.57 bits per heavy atom. The van der Waals surface area contributed by atoms with Crippen LogP contribution in [-0.4, -0.2) is 36.9 Å². The Hall–Kier alpha value is -1.58. The van der Waals surface area contributed by atoms with E-state index in [1.807, 2.05) is 12.1 Å². The SMILES string of the molecule is CCCN(c1ccc(C#N)c(Br)c1)C1COCC1C(=O)O. The number of halogens is 1. The Morgan fingerprint density at radius 3 is 2.90 bits per heavy atom. The zero-order valence-corrected chi connectivity index (χ0v) is 13.3. The Kier molecular flexibility index (Phi) is 5.21. The van der Waals surface area contributed by atoms with E-state index in [9.17, 15) is 9.90 Å². The van der Waals surface area contributed by atoms with Crippen LogP contribution in [0.4, 0.5) is 5.69 Å². The van der Waals surface area contributed by atoms with Crippen molar-refractivity contribution in [1.82, 2.24) is 0 Å². The molecule has 1 aliphatic heterocycles. The van der Waals surface area contributed by atoms with E-state index in [4.69, 9.17) is 10.00 Å². The second-order valence-electron chi connectivity index (χ2n) is 5.02. The van der Waals surface area contributed by atoms with Crippen molar-refractivity contribution in [3.63, 3.8) is 0 Å². The molecule has 1 fully saturated rings. The molecule has 1 saturated heterocycles. The van der Waals surface area contributed by atoms with Gasteiger partial charge in [0.2, 0.25) is 0 Å². The van der Waals surface area contributed by atoms with E-state index in [0.717, 1.165) is 23.1 Å². The molecule has 0 radical (unpaired) electrons. The number of rotatable bonds is 5. The molecule has 0 spiro atoms. The third-order valence-corrected chi connectivity index (χ3v) is 4.29. The summed E-state index contributed by atoms with van der Waals surface area (Å²) in [4.78, 5) is 13.4. The van der Waals surface area contributed by atoms with E-state index < -0.39 is 11.9 Å². The lowest BCUT2D eigenvalue weighted by molar-refractivity contribution is -0.141. The molecule has 21 heavy (non-hydrogen) atoms. The summed E-state index contributed by atoms with van der Waals surface area (Å²) in [7, 11) is 0. The lowest BCUT2D eigenvalue weighted by atomic mass is 10.0. The molecular weight excluding hydrogens is 336 g/mol. The van der Waals surface area contributed by atoms with Gasteiger partial charge in [-0.25, -0.2) is 0 Å².